The standard InChI is InChI=1S/CH6N2O4S2/c1-2-3(8(4)5)9(6)7/h2H,1H3,(H,4,5)(H,6,7). The Morgan fingerprint density at radius 1 is 1.33 bits per heavy atom. The van der Waals surface area contributed by atoms with Crippen molar-refractivity contribution in [2.45, 2.75) is 0 Å². The van der Waals surface area contributed by atoms with E-state index >= 15 is 0 Å². The predicted molar refractivity (Wildman–Crippen MR) is 32.4 cm³/mol. The molecule has 56 valence electrons. The number of hydrazine groups is 1. The van der Waals surface area contributed by atoms with Crippen molar-refractivity contribution in [1.82, 2.24) is 9.25 Å². The van der Waals surface area contributed by atoms with Gasteiger partial charge in [-0.2, -0.15) is 0 Å². The summed E-state index contributed by atoms with van der Waals surface area (Å²) in [5, 5.41) is 0. The summed E-state index contributed by atoms with van der Waals surface area (Å²) in [5.74, 6) is 0. The van der Waals surface area contributed by atoms with Crippen molar-refractivity contribution >= 4 is 22.5 Å². The van der Waals surface area contributed by atoms with Gasteiger partial charge in [0, 0.05) is 7.05 Å². The topological polar surface area (TPSA) is 89.9 Å². The van der Waals surface area contributed by atoms with Crippen LogP contribution in [0.3, 0.4) is 0 Å². The highest BCUT2D eigenvalue weighted by atomic mass is 32.3. The molecule has 2 atom stereocenters. The van der Waals surface area contributed by atoms with Crippen LogP contribution >= 0.6 is 0 Å². The van der Waals surface area contributed by atoms with Gasteiger partial charge in [0.2, 0.25) is 0 Å². The molecule has 0 aromatic heterocycles. The number of hydrogen-bond donors (Lipinski definition) is 3. The summed E-state index contributed by atoms with van der Waals surface area (Å²) in [7, 11) is 1.25. The highest BCUT2D eigenvalue weighted by Gasteiger charge is 2.13. The zero-order valence-electron chi connectivity index (χ0n) is 4.47. The molecule has 3 N–H and O–H groups in total. The second kappa shape index (κ2) is 4.04. The van der Waals surface area contributed by atoms with Crippen molar-refractivity contribution in [3.05, 3.63) is 0 Å². The quantitative estimate of drug-likeness (QED) is 0.365. The summed E-state index contributed by atoms with van der Waals surface area (Å²) in [6.07, 6.45) is 0. The van der Waals surface area contributed by atoms with Gasteiger partial charge in [-0.1, -0.05) is 0 Å². The average Bonchev–Trinajstić information content (AvgIpc) is 1.64. The first-order chi connectivity index (χ1) is 4.09. The Morgan fingerprint density at radius 2 is 1.67 bits per heavy atom. The van der Waals surface area contributed by atoms with Crippen LogP contribution in [0.25, 0.3) is 0 Å². The van der Waals surface area contributed by atoms with Crippen LogP contribution in [-0.2, 0) is 22.5 Å². The second-order valence-electron chi connectivity index (χ2n) is 0.942. The van der Waals surface area contributed by atoms with E-state index in [0.29, 0.717) is 0 Å². The number of nitrogens with zero attached hydrogens (tertiary/aromatic N) is 1. The van der Waals surface area contributed by atoms with Gasteiger partial charge >= 0.3 is 0 Å². The lowest BCUT2D eigenvalue weighted by molar-refractivity contribution is 0.425. The zero-order valence-corrected chi connectivity index (χ0v) is 6.11. The van der Waals surface area contributed by atoms with E-state index in [1.165, 1.54) is 7.05 Å². The minimum Gasteiger partial charge on any atom is -0.292 e. The molecule has 9 heavy (non-hydrogen) atoms. The third kappa shape index (κ3) is 2.98. The Bertz CT molecular complexity index is 123. The van der Waals surface area contributed by atoms with Crippen molar-refractivity contribution in [2.75, 3.05) is 7.05 Å². The molecular weight excluding hydrogens is 168 g/mol. The van der Waals surface area contributed by atoms with Crippen molar-refractivity contribution in [3.63, 3.8) is 0 Å². The van der Waals surface area contributed by atoms with Gasteiger partial charge in [0.15, 0.2) is 0 Å². The largest absolute Gasteiger partial charge is 0.292 e. The summed E-state index contributed by atoms with van der Waals surface area (Å²) in [5.41, 5.74) is 2.03. The van der Waals surface area contributed by atoms with Crippen LogP contribution in [0.1, 0.15) is 0 Å². The predicted octanol–water partition coefficient (Wildman–Crippen LogP) is -1.30. The Kier molecular flexibility index (Phi) is 4.10. The minimum atomic E-state index is -2.46. The van der Waals surface area contributed by atoms with E-state index in [4.69, 9.17) is 9.11 Å². The van der Waals surface area contributed by atoms with Crippen LogP contribution in [0.4, 0.5) is 0 Å². The molecule has 6 nitrogen and oxygen atoms in total. The molecule has 0 spiro atoms. The Balaban J connectivity index is 3.99. The zero-order chi connectivity index (χ0) is 7.44. The molecule has 0 bridgehead atoms. The molecule has 0 aliphatic rings. The van der Waals surface area contributed by atoms with E-state index in [1.807, 2.05) is 5.43 Å². The van der Waals surface area contributed by atoms with Gasteiger partial charge in [0.25, 0.3) is 22.5 Å². The molecule has 2 unspecified atom stereocenters. The van der Waals surface area contributed by atoms with E-state index in [9.17, 15) is 8.42 Å². The molecule has 0 aliphatic carbocycles. The van der Waals surface area contributed by atoms with Crippen molar-refractivity contribution in [3.8, 4) is 0 Å². The summed E-state index contributed by atoms with van der Waals surface area (Å²) in [6.45, 7) is 0. The lowest BCUT2D eigenvalue weighted by atomic mass is 11.5. The molecule has 0 aliphatic heterocycles. The molecule has 0 saturated carbocycles. The molecule has 0 fully saturated rings. The molecule has 0 rings (SSSR count). The van der Waals surface area contributed by atoms with Crippen molar-refractivity contribution in [1.29, 1.82) is 0 Å². The van der Waals surface area contributed by atoms with E-state index in [1.54, 1.807) is 0 Å². The minimum absolute atomic E-state index is 0.264. The van der Waals surface area contributed by atoms with Gasteiger partial charge in [-0.05, 0) is 3.82 Å². The molecule has 0 aromatic carbocycles. The first-order valence-corrected chi connectivity index (χ1v) is 3.91. The van der Waals surface area contributed by atoms with E-state index in [-0.39, 0.29) is 3.82 Å². The van der Waals surface area contributed by atoms with Crippen molar-refractivity contribution in [2.24, 2.45) is 0 Å². The van der Waals surface area contributed by atoms with Gasteiger partial charge in [0.05, 0.1) is 0 Å². The van der Waals surface area contributed by atoms with Crippen molar-refractivity contribution < 1.29 is 17.5 Å². The lowest BCUT2D eigenvalue weighted by Gasteiger charge is -2.08. The molecule has 0 heterocycles. The Hall–Kier alpha value is 0.140. The summed E-state index contributed by atoms with van der Waals surface area (Å²) in [6, 6.07) is 0. The Morgan fingerprint density at radius 3 is 1.67 bits per heavy atom. The van der Waals surface area contributed by atoms with Gasteiger partial charge in [-0.15, -0.1) is 0 Å². The molecule has 0 radical (unpaired) electrons. The van der Waals surface area contributed by atoms with Crippen LogP contribution in [-0.4, -0.2) is 28.4 Å². The second-order valence-corrected chi connectivity index (χ2v) is 2.83. The maximum Gasteiger partial charge on any atom is 0.263 e. The van der Waals surface area contributed by atoms with Gasteiger partial charge in [0.1, 0.15) is 0 Å². The third-order valence-corrected chi connectivity index (χ3v) is 2.16. The first kappa shape index (κ1) is 9.14. The maximum absolute atomic E-state index is 9.99. The normalized spacial score (nSPS) is 17.8. The summed E-state index contributed by atoms with van der Waals surface area (Å²) in [4.78, 5) is 0. The average molecular weight is 174 g/mol. The monoisotopic (exact) mass is 174 g/mol. The van der Waals surface area contributed by atoms with Crippen LogP contribution < -0.4 is 5.43 Å². The summed E-state index contributed by atoms with van der Waals surface area (Å²) >= 11 is -4.92. The third-order valence-electron chi connectivity index (χ3n) is 0.466. The fraction of sp³-hybridized carbons (Fsp3) is 1.00. The van der Waals surface area contributed by atoms with Crippen LogP contribution in [0.15, 0.2) is 0 Å². The highest BCUT2D eigenvalue weighted by Crippen LogP contribution is 1.87. The van der Waals surface area contributed by atoms with Crippen LogP contribution in [0.5, 0.6) is 0 Å². The SMILES string of the molecule is CNN(S(=O)O)S(=O)O. The van der Waals surface area contributed by atoms with Crippen LogP contribution in [0, 0.1) is 0 Å². The fourth-order valence-corrected chi connectivity index (χ4v) is 0.959. The number of nitrogens with one attached hydrogen (secondary N) is 1. The van der Waals surface area contributed by atoms with E-state index < -0.39 is 22.5 Å². The maximum atomic E-state index is 9.99. The first-order valence-electron chi connectivity index (χ1n) is 1.79. The lowest BCUT2D eigenvalue weighted by Crippen LogP contribution is -2.37. The van der Waals surface area contributed by atoms with Gasteiger partial charge in [-0.25, -0.2) is 13.8 Å². The fourth-order valence-electron chi connectivity index (χ4n) is 0.211. The number of hydrogen-bond acceptors (Lipinski definition) is 3. The molecular formula is CH6N2O4S2. The molecule has 0 saturated heterocycles. The smallest absolute Gasteiger partial charge is 0.263 e. The Labute approximate surface area is 57.0 Å². The highest BCUT2D eigenvalue weighted by molar-refractivity contribution is 7.92. The molecule has 0 amide bonds. The van der Waals surface area contributed by atoms with Gasteiger partial charge in [-0.3, -0.25) is 9.11 Å². The molecule has 8 heteroatoms. The van der Waals surface area contributed by atoms with Gasteiger partial charge < -0.3 is 0 Å². The van der Waals surface area contributed by atoms with E-state index in [2.05, 4.69) is 0 Å². The van der Waals surface area contributed by atoms with E-state index in [0.717, 1.165) is 0 Å². The number of rotatable bonds is 3. The molecule has 0 aromatic rings. The summed E-state index contributed by atoms with van der Waals surface area (Å²) < 4.78 is 36.6. The van der Waals surface area contributed by atoms with Crippen LogP contribution in [0.2, 0.25) is 0 Å².